The molecule has 0 saturated carbocycles. The molecule has 2 nitrogen and oxygen atoms in total. The fourth-order valence-electron chi connectivity index (χ4n) is 2.57. The minimum atomic E-state index is -0.471. The number of benzene rings is 1. The van der Waals surface area contributed by atoms with E-state index in [2.05, 4.69) is 0 Å². The van der Waals surface area contributed by atoms with Crippen molar-refractivity contribution in [3.05, 3.63) is 29.3 Å². The second kappa shape index (κ2) is 3.70. The van der Waals surface area contributed by atoms with Gasteiger partial charge < -0.3 is 9.47 Å². The van der Waals surface area contributed by atoms with Crippen molar-refractivity contribution in [2.75, 3.05) is 19.8 Å². The third-order valence-electron chi connectivity index (χ3n) is 3.38. The average Bonchev–Trinajstić information content (AvgIpc) is 2.33. The Bertz CT molecular complexity index is 420. The van der Waals surface area contributed by atoms with E-state index < -0.39 is 5.82 Å². The van der Waals surface area contributed by atoms with Crippen molar-refractivity contribution < 1.29 is 18.3 Å². The van der Waals surface area contributed by atoms with Crippen LogP contribution in [0.2, 0.25) is 0 Å². The van der Waals surface area contributed by atoms with Gasteiger partial charge in [0.15, 0.2) is 11.6 Å². The third kappa shape index (κ3) is 1.40. The van der Waals surface area contributed by atoms with Crippen LogP contribution in [0.1, 0.15) is 17.9 Å². The lowest BCUT2D eigenvalue weighted by atomic mass is 9.80. The molecule has 0 aromatic heterocycles. The molecule has 0 spiro atoms. The van der Waals surface area contributed by atoms with Gasteiger partial charge in [0.1, 0.15) is 5.82 Å². The Morgan fingerprint density at radius 1 is 1.12 bits per heavy atom. The molecule has 1 fully saturated rings. The number of fused-ring (bicyclic) bond motifs is 3. The first-order valence-electron chi connectivity index (χ1n) is 5.46. The molecule has 2 heterocycles. The Morgan fingerprint density at radius 3 is 2.81 bits per heavy atom. The molecule has 16 heavy (non-hydrogen) atoms. The summed E-state index contributed by atoms with van der Waals surface area (Å²) in [6, 6.07) is 2.29. The number of hydrogen-bond acceptors (Lipinski definition) is 2. The normalized spacial score (nSPS) is 27.9. The zero-order valence-electron chi connectivity index (χ0n) is 8.71. The lowest BCUT2D eigenvalue weighted by molar-refractivity contribution is 0.00815. The molecule has 2 atom stereocenters. The predicted octanol–water partition coefficient (Wildman–Crippen LogP) is 2.48. The van der Waals surface area contributed by atoms with E-state index in [1.54, 1.807) is 0 Å². The van der Waals surface area contributed by atoms with E-state index in [1.807, 2.05) is 0 Å². The maximum Gasteiger partial charge on any atom is 0.165 e. The molecule has 0 bridgehead atoms. The van der Waals surface area contributed by atoms with Gasteiger partial charge in [-0.15, -0.1) is 0 Å². The molecular weight excluding hydrogens is 214 g/mol. The van der Waals surface area contributed by atoms with Gasteiger partial charge in [0, 0.05) is 24.0 Å². The summed E-state index contributed by atoms with van der Waals surface area (Å²) >= 11 is 0. The summed E-state index contributed by atoms with van der Waals surface area (Å²) in [5, 5.41) is 0. The molecular formula is C12H12F2O2. The number of ether oxygens (including phenoxy) is 2. The lowest BCUT2D eigenvalue weighted by Crippen LogP contribution is -2.35. The van der Waals surface area contributed by atoms with E-state index >= 15 is 0 Å². The van der Waals surface area contributed by atoms with Crippen molar-refractivity contribution >= 4 is 0 Å². The van der Waals surface area contributed by atoms with Gasteiger partial charge in [0.05, 0.1) is 13.2 Å². The Hall–Kier alpha value is -1.16. The van der Waals surface area contributed by atoms with Crippen LogP contribution >= 0.6 is 0 Å². The highest BCUT2D eigenvalue weighted by Crippen LogP contribution is 2.43. The number of halogens is 2. The van der Waals surface area contributed by atoms with Crippen molar-refractivity contribution in [1.82, 2.24) is 0 Å². The summed E-state index contributed by atoms with van der Waals surface area (Å²) in [4.78, 5) is 0. The van der Waals surface area contributed by atoms with E-state index in [9.17, 15) is 8.78 Å². The molecule has 1 aromatic carbocycles. The van der Waals surface area contributed by atoms with Gasteiger partial charge in [-0.05, 0) is 18.6 Å². The molecule has 3 rings (SSSR count). The first-order chi connectivity index (χ1) is 7.77. The Kier molecular flexibility index (Phi) is 2.32. The van der Waals surface area contributed by atoms with Crippen LogP contribution < -0.4 is 4.74 Å². The quantitative estimate of drug-likeness (QED) is 0.676. The second-order valence-corrected chi connectivity index (χ2v) is 4.31. The van der Waals surface area contributed by atoms with Gasteiger partial charge in [-0.25, -0.2) is 8.78 Å². The SMILES string of the molecule is Fc1ccc(F)c2c1OCC1COCCC21. The molecule has 2 aliphatic rings. The Balaban J connectivity index is 2.10. The van der Waals surface area contributed by atoms with Crippen molar-refractivity contribution in [2.24, 2.45) is 5.92 Å². The Labute approximate surface area is 92.2 Å². The van der Waals surface area contributed by atoms with Crippen LogP contribution in [0.4, 0.5) is 8.78 Å². The summed E-state index contributed by atoms with van der Waals surface area (Å²) in [5.74, 6) is -0.553. The largest absolute Gasteiger partial charge is 0.490 e. The predicted molar refractivity (Wildman–Crippen MR) is 53.5 cm³/mol. The fraction of sp³-hybridized carbons (Fsp3) is 0.500. The van der Waals surface area contributed by atoms with Gasteiger partial charge in [0.25, 0.3) is 0 Å². The maximum atomic E-state index is 13.7. The van der Waals surface area contributed by atoms with E-state index in [0.717, 1.165) is 12.5 Å². The summed E-state index contributed by atoms with van der Waals surface area (Å²) in [7, 11) is 0. The zero-order valence-corrected chi connectivity index (χ0v) is 8.71. The summed E-state index contributed by atoms with van der Waals surface area (Å²) in [6.45, 7) is 1.59. The van der Waals surface area contributed by atoms with E-state index in [-0.39, 0.29) is 23.4 Å². The van der Waals surface area contributed by atoms with E-state index in [1.165, 1.54) is 6.07 Å². The summed E-state index contributed by atoms with van der Waals surface area (Å²) in [6.07, 6.45) is 0.738. The highest BCUT2D eigenvalue weighted by Gasteiger charge is 2.36. The van der Waals surface area contributed by atoms with Crippen molar-refractivity contribution in [1.29, 1.82) is 0 Å². The van der Waals surface area contributed by atoms with Crippen LogP contribution in [-0.2, 0) is 4.74 Å². The van der Waals surface area contributed by atoms with Crippen molar-refractivity contribution in [3.63, 3.8) is 0 Å². The van der Waals surface area contributed by atoms with E-state index in [0.29, 0.717) is 25.4 Å². The molecule has 0 amide bonds. The fourth-order valence-corrected chi connectivity index (χ4v) is 2.57. The van der Waals surface area contributed by atoms with Crippen LogP contribution in [0.15, 0.2) is 12.1 Å². The molecule has 1 aromatic rings. The first-order valence-corrected chi connectivity index (χ1v) is 5.46. The molecule has 0 aliphatic carbocycles. The average molecular weight is 226 g/mol. The van der Waals surface area contributed by atoms with Crippen LogP contribution in [0, 0.1) is 17.6 Å². The Morgan fingerprint density at radius 2 is 1.94 bits per heavy atom. The van der Waals surface area contributed by atoms with Crippen LogP contribution in [0.25, 0.3) is 0 Å². The standard InChI is InChI=1S/C12H12F2O2/c13-9-1-2-10(14)12-11(9)8-3-4-15-5-7(8)6-16-12/h1-2,7-8H,3-6H2. The van der Waals surface area contributed by atoms with E-state index in [4.69, 9.17) is 9.47 Å². The molecule has 86 valence electrons. The topological polar surface area (TPSA) is 18.5 Å². The van der Waals surface area contributed by atoms with Gasteiger partial charge in [-0.3, -0.25) is 0 Å². The van der Waals surface area contributed by atoms with Gasteiger partial charge in [0.2, 0.25) is 0 Å². The molecule has 0 radical (unpaired) electrons. The van der Waals surface area contributed by atoms with Crippen LogP contribution in [-0.4, -0.2) is 19.8 Å². The second-order valence-electron chi connectivity index (χ2n) is 4.31. The molecule has 2 aliphatic heterocycles. The minimum absolute atomic E-state index is 0.0354. The zero-order chi connectivity index (χ0) is 11.1. The minimum Gasteiger partial charge on any atom is -0.490 e. The van der Waals surface area contributed by atoms with Crippen molar-refractivity contribution in [3.8, 4) is 5.75 Å². The smallest absolute Gasteiger partial charge is 0.165 e. The summed E-state index contributed by atoms with van der Waals surface area (Å²) < 4.78 is 37.9. The maximum absolute atomic E-state index is 13.7. The lowest BCUT2D eigenvalue weighted by Gasteiger charge is -2.36. The highest BCUT2D eigenvalue weighted by atomic mass is 19.1. The van der Waals surface area contributed by atoms with Crippen LogP contribution in [0.3, 0.4) is 0 Å². The van der Waals surface area contributed by atoms with Crippen molar-refractivity contribution in [2.45, 2.75) is 12.3 Å². The first kappa shape index (κ1) is 10.0. The summed E-state index contributed by atoms with van der Waals surface area (Å²) in [5.41, 5.74) is 0.402. The number of hydrogen-bond donors (Lipinski definition) is 0. The third-order valence-corrected chi connectivity index (χ3v) is 3.38. The molecule has 2 unspecified atom stereocenters. The highest BCUT2D eigenvalue weighted by molar-refractivity contribution is 5.41. The van der Waals surface area contributed by atoms with Gasteiger partial charge in [-0.2, -0.15) is 0 Å². The number of rotatable bonds is 0. The van der Waals surface area contributed by atoms with Gasteiger partial charge >= 0.3 is 0 Å². The molecule has 1 saturated heterocycles. The molecule has 4 heteroatoms. The van der Waals surface area contributed by atoms with Gasteiger partial charge in [-0.1, -0.05) is 0 Å². The molecule has 0 N–H and O–H groups in total. The monoisotopic (exact) mass is 226 g/mol. The van der Waals surface area contributed by atoms with Crippen LogP contribution in [0.5, 0.6) is 5.75 Å².